The van der Waals surface area contributed by atoms with Gasteiger partial charge in [0.05, 0.1) is 20.8 Å². The van der Waals surface area contributed by atoms with Crippen molar-refractivity contribution in [1.29, 1.82) is 0 Å². The number of aromatic nitrogens is 1. The van der Waals surface area contributed by atoms with Gasteiger partial charge in [0.1, 0.15) is 0 Å². The van der Waals surface area contributed by atoms with Crippen molar-refractivity contribution in [3.63, 3.8) is 0 Å². The van der Waals surface area contributed by atoms with Crippen LogP contribution in [0.15, 0.2) is 59.8 Å². The Bertz CT molecular complexity index is 1450. The first-order valence-corrected chi connectivity index (χ1v) is 13.6. The minimum absolute atomic E-state index is 0.0733. The highest BCUT2D eigenvalue weighted by Crippen LogP contribution is 2.56. The molecule has 194 valence electrons. The second kappa shape index (κ2) is 9.41. The highest BCUT2D eigenvalue weighted by molar-refractivity contribution is 7.92. The zero-order valence-corrected chi connectivity index (χ0v) is 20.9. The normalized spacial score (nSPS) is 25.2. The van der Waals surface area contributed by atoms with Crippen molar-refractivity contribution in [2.75, 3.05) is 5.32 Å². The molecule has 2 aromatic carbocycles. The van der Waals surface area contributed by atoms with Crippen LogP contribution in [0.4, 0.5) is 18.9 Å². The fourth-order valence-electron chi connectivity index (χ4n) is 5.70. The van der Waals surface area contributed by atoms with Gasteiger partial charge in [-0.3, -0.25) is 9.78 Å². The molecular weight excluding hydrogens is 529 g/mol. The Morgan fingerprint density at radius 2 is 1.70 bits per heavy atom. The number of carbonyl (C=O) groups excluding carboxylic acids is 1. The lowest BCUT2D eigenvalue weighted by molar-refractivity contribution is -0.0649. The largest absolute Gasteiger partial charge is 0.385 e. The smallest absolute Gasteiger partial charge is 0.255 e. The number of amides is 1. The fourth-order valence-corrected chi connectivity index (χ4v) is 8.10. The van der Waals surface area contributed by atoms with E-state index in [4.69, 9.17) is 11.6 Å². The van der Waals surface area contributed by atoms with Gasteiger partial charge in [0, 0.05) is 41.3 Å². The summed E-state index contributed by atoms with van der Waals surface area (Å²) in [6, 6.07) is 8.42. The van der Waals surface area contributed by atoms with E-state index in [1.807, 2.05) is 0 Å². The molecular formula is C26H22ClF3N2O4S. The quantitative estimate of drug-likeness (QED) is 0.423. The van der Waals surface area contributed by atoms with E-state index in [2.05, 4.69) is 10.3 Å². The van der Waals surface area contributed by atoms with Gasteiger partial charge in [0.25, 0.3) is 5.91 Å². The lowest BCUT2D eigenvalue weighted by Crippen LogP contribution is -2.46. The number of hydrogen-bond acceptors (Lipinski definition) is 5. The molecule has 0 spiro atoms. The van der Waals surface area contributed by atoms with Gasteiger partial charge in [0.2, 0.25) is 0 Å². The Hall–Kier alpha value is -2.95. The number of rotatable bonds is 5. The molecule has 2 fully saturated rings. The molecule has 2 bridgehead atoms. The molecule has 0 saturated heterocycles. The molecule has 0 aliphatic heterocycles. The maximum atomic E-state index is 13.7. The van der Waals surface area contributed by atoms with Crippen LogP contribution >= 0.6 is 11.6 Å². The van der Waals surface area contributed by atoms with Gasteiger partial charge in [-0.1, -0.05) is 17.7 Å². The Morgan fingerprint density at radius 3 is 2.30 bits per heavy atom. The highest BCUT2D eigenvalue weighted by atomic mass is 35.5. The minimum Gasteiger partial charge on any atom is -0.385 e. The second-order valence-corrected chi connectivity index (χ2v) is 12.1. The van der Waals surface area contributed by atoms with E-state index < -0.39 is 44.0 Å². The van der Waals surface area contributed by atoms with Crippen LogP contribution in [0.25, 0.3) is 0 Å². The summed E-state index contributed by atoms with van der Waals surface area (Å²) in [6.45, 7) is 0. The predicted molar refractivity (Wildman–Crippen MR) is 130 cm³/mol. The molecule has 3 unspecified atom stereocenters. The summed E-state index contributed by atoms with van der Waals surface area (Å²) in [7, 11) is -4.01. The molecule has 5 rings (SSSR count). The van der Waals surface area contributed by atoms with Crippen LogP contribution in [0.1, 0.15) is 41.6 Å². The molecule has 2 aliphatic rings. The number of anilines is 1. The van der Waals surface area contributed by atoms with Crippen LogP contribution in [0.3, 0.4) is 0 Å². The monoisotopic (exact) mass is 550 g/mol. The first kappa shape index (κ1) is 25.7. The van der Waals surface area contributed by atoms with Gasteiger partial charge < -0.3 is 10.4 Å². The summed E-state index contributed by atoms with van der Waals surface area (Å²) in [6.07, 6.45) is 4.99. The van der Waals surface area contributed by atoms with E-state index in [0.29, 0.717) is 30.5 Å². The number of carbonyl (C=O) groups is 1. The van der Waals surface area contributed by atoms with Crippen LogP contribution in [-0.2, 0) is 15.4 Å². The first-order valence-electron chi connectivity index (χ1n) is 11.6. The third-order valence-corrected chi connectivity index (χ3v) is 10.2. The van der Waals surface area contributed by atoms with E-state index in [0.717, 1.165) is 6.07 Å². The number of hydrogen-bond donors (Lipinski definition) is 2. The van der Waals surface area contributed by atoms with Crippen molar-refractivity contribution >= 4 is 33.0 Å². The van der Waals surface area contributed by atoms with Crippen LogP contribution in [0.5, 0.6) is 0 Å². The predicted octanol–water partition coefficient (Wildman–Crippen LogP) is 5.25. The van der Waals surface area contributed by atoms with Gasteiger partial charge in [-0.25, -0.2) is 21.6 Å². The van der Waals surface area contributed by atoms with Crippen molar-refractivity contribution in [3.05, 3.63) is 88.5 Å². The molecule has 2 N–H and O–H groups in total. The molecule has 1 heterocycles. The zero-order chi connectivity index (χ0) is 26.5. The average Bonchev–Trinajstić information content (AvgIpc) is 3.04. The third kappa shape index (κ3) is 4.41. The second-order valence-electron chi connectivity index (χ2n) is 9.53. The molecule has 4 atom stereocenters. The highest BCUT2D eigenvalue weighted by Gasteiger charge is 2.56. The number of sulfone groups is 1. The number of aliphatic hydroxyl groups is 1. The molecule has 6 nitrogen and oxygen atoms in total. The van der Waals surface area contributed by atoms with E-state index >= 15 is 0 Å². The number of halogens is 4. The zero-order valence-electron chi connectivity index (χ0n) is 19.3. The Labute approximate surface area is 216 Å². The molecule has 1 amide bonds. The van der Waals surface area contributed by atoms with Crippen LogP contribution in [0.2, 0.25) is 5.02 Å². The third-order valence-electron chi connectivity index (χ3n) is 7.51. The Kier molecular flexibility index (Phi) is 6.54. The van der Waals surface area contributed by atoms with Crippen molar-refractivity contribution < 1.29 is 31.5 Å². The van der Waals surface area contributed by atoms with E-state index in [1.165, 1.54) is 12.1 Å². The van der Waals surface area contributed by atoms with Crippen molar-refractivity contribution in [1.82, 2.24) is 4.98 Å². The number of nitrogens with one attached hydrogen (secondary N) is 1. The van der Waals surface area contributed by atoms with Gasteiger partial charge in [-0.05, 0) is 61.8 Å². The van der Waals surface area contributed by atoms with Crippen LogP contribution in [0, 0.1) is 29.3 Å². The summed E-state index contributed by atoms with van der Waals surface area (Å²) in [5.74, 6) is -6.06. The summed E-state index contributed by atoms with van der Waals surface area (Å²) in [5, 5.41) is 12.9. The lowest BCUT2D eigenvalue weighted by Gasteiger charge is -2.42. The van der Waals surface area contributed by atoms with Crippen LogP contribution < -0.4 is 5.32 Å². The van der Waals surface area contributed by atoms with E-state index in [-0.39, 0.29) is 45.8 Å². The first-order chi connectivity index (χ1) is 17.5. The number of benzene rings is 2. The number of nitrogens with zero attached hydrogens (tertiary/aromatic N) is 1. The average molecular weight is 551 g/mol. The standard InChI is InChI=1S/C26H22ClF3N2O4S/c27-20-6-3-14(25(33)32-18-11-21(28)24(30)22(29)12-18)8-23(20)37(35,36)19-9-15-4-5-16(10-19)26(15,34)17-2-1-7-31-13-17/h1-3,6-8,11-13,15-16,19,34H,4-5,9-10H2,(H,32,33)/t15-,16?,19?,26?/m0/s1. The molecule has 1 aromatic heterocycles. The summed E-state index contributed by atoms with van der Waals surface area (Å²) in [5.41, 5.74) is -0.937. The fraction of sp³-hybridized carbons (Fsp3) is 0.308. The summed E-state index contributed by atoms with van der Waals surface area (Å²) < 4.78 is 67.6. The van der Waals surface area contributed by atoms with Crippen molar-refractivity contribution in [3.8, 4) is 0 Å². The number of pyridine rings is 1. The van der Waals surface area contributed by atoms with Gasteiger partial charge >= 0.3 is 0 Å². The van der Waals surface area contributed by atoms with Crippen LogP contribution in [-0.4, -0.2) is 29.7 Å². The number of fused-ring (bicyclic) bond motifs is 2. The summed E-state index contributed by atoms with van der Waals surface area (Å²) >= 11 is 6.25. The minimum atomic E-state index is -4.01. The lowest BCUT2D eigenvalue weighted by atomic mass is 9.71. The molecule has 11 heteroatoms. The molecule has 2 aliphatic carbocycles. The van der Waals surface area contributed by atoms with Gasteiger partial charge in [-0.2, -0.15) is 0 Å². The van der Waals surface area contributed by atoms with E-state index in [9.17, 15) is 31.5 Å². The Balaban J connectivity index is 1.41. The van der Waals surface area contributed by atoms with E-state index in [1.54, 1.807) is 24.5 Å². The van der Waals surface area contributed by atoms with Crippen molar-refractivity contribution in [2.45, 2.75) is 41.4 Å². The topological polar surface area (TPSA) is 96.4 Å². The Morgan fingerprint density at radius 1 is 1.05 bits per heavy atom. The molecule has 37 heavy (non-hydrogen) atoms. The molecule has 3 aromatic rings. The van der Waals surface area contributed by atoms with Gasteiger partial charge in [-0.15, -0.1) is 0 Å². The molecule has 0 radical (unpaired) electrons. The maximum absolute atomic E-state index is 13.7. The van der Waals surface area contributed by atoms with Crippen molar-refractivity contribution in [2.24, 2.45) is 11.8 Å². The van der Waals surface area contributed by atoms with Gasteiger partial charge in [0.15, 0.2) is 27.3 Å². The maximum Gasteiger partial charge on any atom is 0.255 e. The summed E-state index contributed by atoms with van der Waals surface area (Å²) in [4.78, 5) is 16.6. The molecule has 2 saturated carbocycles. The SMILES string of the molecule is O=C(Nc1cc(F)c(F)c(F)c1)c1ccc(Cl)c(S(=O)(=O)C2CC3CC[C@@H](C2)C3(O)c2cccnc2)c1.